The second kappa shape index (κ2) is 9.35. The van der Waals surface area contributed by atoms with Crippen LogP contribution >= 0.6 is 0 Å². The van der Waals surface area contributed by atoms with Gasteiger partial charge < -0.3 is 28.9 Å². The van der Waals surface area contributed by atoms with Crippen LogP contribution in [0.3, 0.4) is 0 Å². The highest BCUT2D eigenvalue weighted by Crippen LogP contribution is 2.17. The van der Waals surface area contributed by atoms with Crippen molar-refractivity contribution in [2.75, 3.05) is 57.4 Å². The summed E-state index contributed by atoms with van der Waals surface area (Å²) in [4.78, 5) is 30.2. The fourth-order valence-electron chi connectivity index (χ4n) is 3.35. The number of hydrogen-bond acceptors (Lipinski definition) is 6. The Morgan fingerprint density at radius 3 is 2.34 bits per heavy atom. The number of carbonyl (C=O) groups is 2. The van der Waals surface area contributed by atoms with E-state index in [2.05, 4.69) is 17.0 Å². The third kappa shape index (κ3) is 6.25. The lowest BCUT2D eigenvalue weighted by atomic mass is 10.2. The SMILES string of the molecule is CC(C)(C)OC(=O)N1CCO[C@@H](COC(=O)N2CCN(c3ccccc3)CC2)C1. The Morgan fingerprint density at radius 2 is 1.69 bits per heavy atom. The van der Waals surface area contributed by atoms with Crippen molar-refractivity contribution < 1.29 is 23.8 Å². The Kier molecular flexibility index (Phi) is 6.84. The molecular weight excluding hydrogens is 374 g/mol. The predicted molar refractivity (Wildman–Crippen MR) is 109 cm³/mol. The minimum atomic E-state index is -0.542. The second-order valence-electron chi connectivity index (χ2n) is 8.31. The van der Waals surface area contributed by atoms with E-state index >= 15 is 0 Å². The van der Waals surface area contributed by atoms with Crippen LogP contribution in [-0.2, 0) is 14.2 Å². The van der Waals surface area contributed by atoms with Gasteiger partial charge in [-0.3, -0.25) is 0 Å². The fraction of sp³-hybridized carbons (Fsp3) is 0.619. The van der Waals surface area contributed by atoms with Crippen LogP contribution in [0, 0.1) is 0 Å². The summed E-state index contributed by atoms with van der Waals surface area (Å²) in [5, 5.41) is 0. The Labute approximate surface area is 172 Å². The maximum absolute atomic E-state index is 12.4. The molecular formula is C21H31N3O5. The van der Waals surface area contributed by atoms with Crippen molar-refractivity contribution in [2.45, 2.75) is 32.5 Å². The lowest BCUT2D eigenvalue weighted by Crippen LogP contribution is -2.51. The molecule has 0 aromatic heterocycles. The molecule has 0 saturated carbocycles. The minimum absolute atomic E-state index is 0.122. The van der Waals surface area contributed by atoms with Crippen LogP contribution in [-0.4, -0.2) is 86.2 Å². The largest absolute Gasteiger partial charge is 0.447 e. The van der Waals surface area contributed by atoms with Crippen molar-refractivity contribution >= 4 is 17.9 Å². The zero-order valence-electron chi connectivity index (χ0n) is 17.5. The normalized spacial score (nSPS) is 20.4. The molecule has 2 amide bonds. The van der Waals surface area contributed by atoms with Crippen LogP contribution in [0.25, 0.3) is 0 Å². The van der Waals surface area contributed by atoms with E-state index in [-0.39, 0.29) is 24.9 Å². The van der Waals surface area contributed by atoms with Crippen molar-refractivity contribution in [2.24, 2.45) is 0 Å². The minimum Gasteiger partial charge on any atom is -0.447 e. The first-order chi connectivity index (χ1) is 13.8. The number of amides is 2. The van der Waals surface area contributed by atoms with Crippen molar-refractivity contribution in [1.29, 1.82) is 0 Å². The fourth-order valence-corrected chi connectivity index (χ4v) is 3.35. The topological polar surface area (TPSA) is 71.5 Å². The summed E-state index contributed by atoms with van der Waals surface area (Å²) >= 11 is 0. The van der Waals surface area contributed by atoms with Gasteiger partial charge >= 0.3 is 12.2 Å². The van der Waals surface area contributed by atoms with Crippen LogP contribution in [0.2, 0.25) is 0 Å². The first kappa shape index (κ1) is 21.2. The Bertz CT molecular complexity index is 683. The lowest BCUT2D eigenvalue weighted by molar-refractivity contribution is -0.0638. The lowest BCUT2D eigenvalue weighted by Gasteiger charge is -2.36. The summed E-state index contributed by atoms with van der Waals surface area (Å²) in [6.07, 6.45) is -1.05. The molecule has 160 valence electrons. The Hall–Kier alpha value is -2.48. The van der Waals surface area contributed by atoms with Crippen LogP contribution in [0.5, 0.6) is 0 Å². The van der Waals surface area contributed by atoms with Gasteiger partial charge in [-0.2, -0.15) is 0 Å². The Morgan fingerprint density at radius 1 is 1.00 bits per heavy atom. The first-order valence-corrected chi connectivity index (χ1v) is 10.1. The molecule has 2 fully saturated rings. The highest BCUT2D eigenvalue weighted by Gasteiger charge is 2.30. The second-order valence-corrected chi connectivity index (χ2v) is 8.31. The maximum Gasteiger partial charge on any atom is 0.410 e. The monoisotopic (exact) mass is 405 g/mol. The number of ether oxygens (including phenoxy) is 3. The van der Waals surface area contributed by atoms with E-state index < -0.39 is 5.60 Å². The summed E-state index contributed by atoms with van der Waals surface area (Å²) in [6.45, 7) is 9.62. The molecule has 2 heterocycles. The molecule has 0 radical (unpaired) electrons. The number of para-hydroxylation sites is 1. The quantitative estimate of drug-likeness (QED) is 0.770. The molecule has 2 aliphatic heterocycles. The molecule has 2 aliphatic rings. The summed E-state index contributed by atoms with van der Waals surface area (Å²) in [5.41, 5.74) is 0.623. The van der Waals surface area contributed by atoms with Crippen LogP contribution in [0.4, 0.5) is 15.3 Å². The van der Waals surface area contributed by atoms with Gasteiger partial charge in [-0.15, -0.1) is 0 Å². The van der Waals surface area contributed by atoms with Gasteiger partial charge in [0.15, 0.2) is 0 Å². The molecule has 1 aromatic rings. The van der Waals surface area contributed by atoms with Crippen molar-refractivity contribution in [3.63, 3.8) is 0 Å². The molecule has 8 nitrogen and oxygen atoms in total. The van der Waals surface area contributed by atoms with E-state index in [1.807, 2.05) is 39.0 Å². The van der Waals surface area contributed by atoms with Crippen molar-refractivity contribution in [3.05, 3.63) is 30.3 Å². The molecule has 1 aromatic carbocycles. The number of morpholine rings is 1. The number of benzene rings is 1. The van der Waals surface area contributed by atoms with E-state index in [9.17, 15) is 9.59 Å². The van der Waals surface area contributed by atoms with Gasteiger partial charge in [0.25, 0.3) is 0 Å². The Balaban J connectivity index is 1.41. The van der Waals surface area contributed by atoms with Crippen LogP contribution < -0.4 is 4.90 Å². The zero-order chi connectivity index (χ0) is 20.9. The van der Waals surface area contributed by atoms with Gasteiger partial charge in [-0.25, -0.2) is 9.59 Å². The van der Waals surface area contributed by atoms with Gasteiger partial charge in [0.05, 0.1) is 13.2 Å². The maximum atomic E-state index is 12.4. The molecule has 29 heavy (non-hydrogen) atoms. The summed E-state index contributed by atoms with van der Waals surface area (Å²) < 4.78 is 16.5. The number of carbonyl (C=O) groups excluding carboxylic acids is 2. The number of hydrogen-bond donors (Lipinski definition) is 0. The van der Waals surface area contributed by atoms with E-state index in [1.165, 1.54) is 5.69 Å². The molecule has 0 bridgehead atoms. The van der Waals surface area contributed by atoms with E-state index in [4.69, 9.17) is 14.2 Å². The van der Waals surface area contributed by atoms with Crippen LogP contribution in [0.15, 0.2) is 30.3 Å². The molecule has 2 saturated heterocycles. The highest BCUT2D eigenvalue weighted by molar-refractivity contribution is 5.69. The summed E-state index contributed by atoms with van der Waals surface area (Å²) in [5.74, 6) is 0. The molecule has 3 rings (SSSR count). The summed E-state index contributed by atoms with van der Waals surface area (Å²) in [7, 11) is 0. The van der Waals surface area contributed by atoms with Gasteiger partial charge in [0.2, 0.25) is 0 Å². The van der Waals surface area contributed by atoms with Gasteiger partial charge in [-0.05, 0) is 32.9 Å². The standard InChI is InChI=1S/C21H31N3O5/c1-21(2,3)29-20(26)24-13-14-27-18(15-24)16-28-19(25)23-11-9-22(10-12-23)17-7-5-4-6-8-17/h4-8,18H,9-16H2,1-3H3/t18-/m1/s1. The third-order valence-electron chi connectivity index (χ3n) is 4.84. The van der Waals surface area contributed by atoms with Gasteiger partial charge in [0, 0.05) is 38.4 Å². The smallest absolute Gasteiger partial charge is 0.410 e. The molecule has 1 atom stereocenters. The first-order valence-electron chi connectivity index (χ1n) is 10.1. The van der Waals surface area contributed by atoms with Crippen LogP contribution in [0.1, 0.15) is 20.8 Å². The number of rotatable bonds is 3. The average molecular weight is 405 g/mol. The molecule has 0 unspecified atom stereocenters. The van der Waals surface area contributed by atoms with E-state index in [1.54, 1.807) is 9.80 Å². The highest BCUT2D eigenvalue weighted by atomic mass is 16.6. The van der Waals surface area contributed by atoms with E-state index in [0.717, 1.165) is 13.1 Å². The average Bonchev–Trinajstić information content (AvgIpc) is 2.72. The number of piperazine rings is 1. The predicted octanol–water partition coefficient (Wildman–Crippen LogP) is 2.58. The van der Waals surface area contributed by atoms with Gasteiger partial charge in [-0.1, -0.05) is 18.2 Å². The molecule has 0 aliphatic carbocycles. The number of anilines is 1. The van der Waals surface area contributed by atoms with Gasteiger partial charge in [0.1, 0.15) is 18.3 Å². The molecule has 0 N–H and O–H groups in total. The third-order valence-corrected chi connectivity index (χ3v) is 4.84. The molecule has 8 heteroatoms. The number of nitrogens with zero attached hydrogens (tertiary/aromatic N) is 3. The summed E-state index contributed by atoms with van der Waals surface area (Å²) in [6, 6.07) is 10.2. The zero-order valence-corrected chi connectivity index (χ0v) is 17.5. The van der Waals surface area contributed by atoms with Crippen molar-refractivity contribution in [3.8, 4) is 0 Å². The molecule has 0 spiro atoms. The van der Waals surface area contributed by atoms with E-state index in [0.29, 0.717) is 32.8 Å². The van der Waals surface area contributed by atoms with Crippen molar-refractivity contribution in [1.82, 2.24) is 9.80 Å².